The quantitative estimate of drug-likeness (QED) is 0.468. The lowest BCUT2D eigenvalue weighted by molar-refractivity contribution is -0.137. The maximum atomic E-state index is 11.0. The van der Waals surface area contributed by atoms with Gasteiger partial charge < -0.3 is 10.1 Å². The molecule has 3 nitrogen and oxygen atoms in total. The summed E-state index contributed by atoms with van der Waals surface area (Å²) in [7, 11) is 0. The molecule has 9 heavy (non-hydrogen) atoms. The van der Waals surface area contributed by atoms with Crippen LogP contribution in [-0.4, -0.2) is 25.5 Å². The first-order valence-corrected chi connectivity index (χ1v) is 3.03. The van der Waals surface area contributed by atoms with Crippen LogP contribution in [0.25, 0.3) is 0 Å². The Labute approximate surface area is 53.4 Å². The summed E-state index contributed by atoms with van der Waals surface area (Å²) in [6.45, 7) is 3.51. The van der Waals surface area contributed by atoms with Crippen molar-refractivity contribution in [3.8, 4) is 0 Å². The van der Waals surface area contributed by atoms with Gasteiger partial charge in [0.1, 0.15) is 6.61 Å². The van der Waals surface area contributed by atoms with Gasteiger partial charge in [0.2, 0.25) is 0 Å². The summed E-state index contributed by atoms with van der Waals surface area (Å²) in [5, 5.41) is 3.00. The first-order valence-electron chi connectivity index (χ1n) is 3.03. The van der Waals surface area contributed by atoms with Gasteiger partial charge in [-0.15, -0.1) is 0 Å². The van der Waals surface area contributed by atoms with E-state index in [0.29, 0.717) is 13.2 Å². The van der Waals surface area contributed by atoms with E-state index in [0.717, 1.165) is 6.54 Å². The lowest BCUT2D eigenvalue weighted by Gasteiger charge is -2.34. The maximum absolute atomic E-state index is 11.0. The molecule has 1 atom stereocenters. The number of Topliss-reactive ketones (excluding diaryl/α,β-unsaturated/α-hetero) is 1. The monoisotopic (exact) mass is 126 g/mol. The van der Waals surface area contributed by atoms with Gasteiger partial charge in [-0.3, -0.25) is 4.79 Å². The van der Waals surface area contributed by atoms with E-state index >= 15 is 0 Å². The van der Waals surface area contributed by atoms with Crippen molar-refractivity contribution in [2.45, 2.75) is 0 Å². The lowest BCUT2D eigenvalue weighted by Crippen LogP contribution is -2.44. The number of nitrogens with one attached hydrogen (secondary N) is 1. The molecule has 0 aliphatic carbocycles. The van der Waals surface area contributed by atoms with Gasteiger partial charge >= 0.3 is 0 Å². The third kappa shape index (κ3) is 0.559. The maximum Gasteiger partial charge on any atom is 0.159 e. The highest BCUT2D eigenvalue weighted by molar-refractivity contribution is 5.91. The predicted octanol–water partition coefficient (Wildman–Crippen LogP) is -0.663. The predicted molar refractivity (Wildman–Crippen MR) is 30.6 cm³/mol. The van der Waals surface area contributed by atoms with E-state index < -0.39 is 0 Å². The molecule has 1 unspecified atom stereocenters. The van der Waals surface area contributed by atoms with Gasteiger partial charge in [0.25, 0.3) is 0 Å². The van der Waals surface area contributed by atoms with Crippen molar-refractivity contribution in [2.75, 3.05) is 19.7 Å². The molecule has 3 heteroatoms. The summed E-state index contributed by atoms with van der Waals surface area (Å²) in [6, 6.07) is 0. The number of rotatable bonds is 0. The van der Waals surface area contributed by atoms with Crippen molar-refractivity contribution in [1.29, 1.82) is 0 Å². The van der Waals surface area contributed by atoms with E-state index in [-0.39, 0.29) is 11.2 Å². The Morgan fingerprint density at radius 1 is 1.78 bits per heavy atom. The molecular formula is C6H8NO2. The number of hydrogen-bond donors (Lipinski definition) is 1. The number of ether oxygens (including phenoxy) is 1. The van der Waals surface area contributed by atoms with Gasteiger partial charge in [0.05, 0.1) is 18.6 Å². The van der Waals surface area contributed by atoms with Gasteiger partial charge in [-0.25, -0.2) is 0 Å². The molecule has 0 aromatic heterocycles. The number of ketones is 1. The third-order valence-corrected chi connectivity index (χ3v) is 1.93. The Balaban J connectivity index is 2.17. The van der Waals surface area contributed by atoms with Gasteiger partial charge in [-0.05, 0) is 0 Å². The van der Waals surface area contributed by atoms with Crippen molar-refractivity contribution in [1.82, 2.24) is 5.32 Å². The van der Waals surface area contributed by atoms with Crippen LogP contribution in [0.3, 0.4) is 0 Å². The second-order valence-corrected chi connectivity index (χ2v) is 2.61. The molecule has 2 heterocycles. The smallest absolute Gasteiger partial charge is 0.159 e. The number of carbonyl (C=O) groups excluding carboxylic acids is 1. The topological polar surface area (TPSA) is 38.3 Å². The minimum atomic E-state index is -0.222. The molecule has 1 N–H and O–H groups in total. The van der Waals surface area contributed by atoms with Crippen molar-refractivity contribution in [3.63, 3.8) is 0 Å². The standard InChI is InChI=1S/C6H8NO2/c8-5-1-7-2-6(5)3-9-4-6/h3,7H,1-2,4H2. The summed E-state index contributed by atoms with van der Waals surface area (Å²) in [5.41, 5.74) is -0.222. The molecule has 2 saturated heterocycles. The zero-order valence-corrected chi connectivity index (χ0v) is 5.02. The molecule has 2 aliphatic heterocycles. The minimum absolute atomic E-state index is 0.222. The zero-order chi connectivity index (χ0) is 6.32. The second kappa shape index (κ2) is 1.55. The summed E-state index contributed by atoms with van der Waals surface area (Å²) in [6.07, 6.45) is 0. The summed E-state index contributed by atoms with van der Waals surface area (Å²) >= 11 is 0. The minimum Gasteiger partial charge on any atom is -0.373 e. The summed E-state index contributed by atoms with van der Waals surface area (Å²) in [5.74, 6) is 0.272. The molecular weight excluding hydrogens is 118 g/mol. The molecule has 1 radical (unpaired) electrons. The van der Waals surface area contributed by atoms with Crippen molar-refractivity contribution >= 4 is 5.78 Å². The average molecular weight is 126 g/mol. The Morgan fingerprint density at radius 3 is 2.78 bits per heavy atom. The van der Waals surface area contributed by atoms with Crippen LogP contribution in [0.2, 0.25) is 0 Å². The number of carbonyl (C=O) groups is 1. The largest absolute Gasteiger partial charge is 0.373 e. The molecule has 2 aliphatic rings. The van der Waals surface area contributed by atoms with Crippen LogP contribution in [0.15, 0.2) is 0 Å². The fraction of sp³-hybridized carbons (Fsp3) is 0.667. The van der Waals surface area contributed by atoms with E-state index in [4.69, 9.17) is 4.74 Å². The highest BCUT2D eigenvalue weighted by Crippen LogP contribution is 2.34. The van der Waals surface area contributed by atoms with E-state index in [1.807, 2.05) is 0 Å². The van der Waals surface area contributed by atoms with Gasteiger partial charge in [0.15, 0.2) is 5.78 Å². The van der Waals surface area contributed by atoms with Gasteiger partial charge in [-0.1, -0.05) is 0 Å². The van der Waals surface area contributed by atoms with Crippen molar-refractivity contribution in [2.24, 2.45) is 5.41 Å². The third-order valence-electron chi connectivity index (χ3n) is 1.93. The second-order valence-electron chi connectivity index (χ2n) is 2.61. The molecule has 1 spiro atoms. The highest BCUT2D eigenvalue weighted by atomic mass is 16.5. The Kier molecular flexibility index (Phi) is 0.926. The highest BCUT2D eigenvalue weighted by Gasteiger charge is 2.48. The number of hydrogen-bond acceptors (Lipinski definition) is 3. The van der Waals surface area contributed by atoms with E-state index in [2.05, 4.69) is 5.32 Å². The van der Waals surface area contributed by atoms with Crippen LogP contribution in [0.4, 0.5) is 0 Å². The molecule has 0 amide bonds. The van der Waals surface area contributed by atoms with Crippen LogP contribution in [0, 0.1) is 12.0 Å². The SMILES string of the molecule is O=C1CNCC12[CH]OC2. The molecule has 0 aromatic rings. The molecule has 49 valence electrons. The first kappa shape index (κ1) is 5.38. The van der Waals surface area contributed by atoms with Crippen molar-refractivity contribution in [3.05, 3.63) is 6.61 Å². The van der Waals surface area contributed by atoms with Crippen LogP contribution >= 0.6 is 0 Å². The molecule has 0 saturated carbocycles. The fourth-order valence-corrected chi connectivity index (χ4v) is 1.20. The van der Waals surface area contributed by atoms with E-state index in [1.165, 1.54) is 0 Å². The normalized spacial score (nSPS) is 30.9. The molecule has 2 rings (SSSR count). The van der Waals surface area contributed by atoms with Gasteiger partial charge in [0, 0.05) is 6.54 Å². The van der Waals surface area contributed by atoms with Gasteiger partial charge in [-0.2, -0.15) is 0 Å². The summed E-state index contributed by atoms with van der Waals surface area (Å²) in [4.78, 5) is 11.0. The molecule has 0 aromatic carbocycles. The van der Waals surface area contributed by atoms with Crippen LogP contribution in [0.5, 0.6) is 0 Å². The zero-order valence-electron chi connectivity index (χ0n) is 5.02. The average Bonchev–Trinajstić information content (AvgIpc) is 2.07. The van der Waals surface area contributed by atoms with E-state index in [1.54, 1.807) is 6.61 Å². The summed E-state index contributed by atoms with van der Waals surface area (Å²) < 4.78 is 4.84. The Morgan fingerprint density at radius 2 is 2.56 bits per heavy atom. The van der Waals surface area contributed by atoms with Crippen LogP contribution in [0.1, 0.15) is 0 Å². The van der Waals surface area contributed by atoms with Crippen LogP contribution in [-0.2, 0) is 9.53 Å². The fourth-order valence-electron chi connectivity index (χ4n) is 1.20. The van der Waals surface area contributed by atoms with E-state index in [9.17, 15) is 4.79 Å². The van der Waals surface area contributed by atoms with Crippen LogP contribution < -0.4 is 5.32 Å². The molecule has 0 bridgehead atoms. The first-order chi connectivity index (χ1) is 4.33. The lowest BCUT2D eigenvalue weighted by atomic mass is 9.84. The molecule has 2 fully saturated rings. The Bertz CT molecular complexity index is 151. The van der Waals surface area contributed by atoms with Crippen molar-refractivity contribution < 1.29 is 9.53 Å². The Hall–Kier alpha value is -0.410.